The lowest BCUT2D eigenvalue weighted by Crippen LogP contribution is -2.25. The van der Waals surface area contributed by atoms with Gasteiger partial charge in [0.25, 0.3) is 5.91 Å². The minimum Gasteiger partial charge on any atom is -0.347 e. The number of amides is 1. The Labute approximate surface area is 138 Å². The lowest BCUT2D eigenvalue weighted by Gasteiger charge is -2.08. The summed E-state index contributed by atoms with van der Waals surface area (Å²) in [6.45, 7) is 11.4. The molecule has 0 saturated carbocycles. The summed E-state index contributed by atoms with van der Waals surface area (Å²) < 4.78 is 1.77. The lowest BCUT2D eigenvalue weighted by atomic mass is 10.1. The average Bonchev–Trinajstić information content (AvgIpc) is 2.86. The molecule has 0 aliphatic heterocycles. The van der Waals surface area contributed by atoms with Crippen LogP contribution in [0.5, 0.6) is 0 Å². The van der Waals surface area contributed by atoms with Crippen LogP contribution in [0.1, 0.15) is 53.9 Å². The molecule has 23 heavy (non-hydrogen) atoms. The molecule has 5 heteroatoms. The van der Waals surface area contributed by atoms with E-state index < -0.39 is 0 Å². The molecule has 0 radical (unpaired) electrons. The molecular formula is C18H26N4O. The van der Waals surface area contributed by atoms with Crippen molar-refractivity contribution in [3.63, 3.8) is 0 Å². The molecule has 0 aliphatic rings. The minimum atomic E-state index is -0.0820. The van der Waals surface area contributed by atoms with Gasteiger partial charge in [0.05, 0.1) is 5.69 Å². The van der Waals surface area contributed by atoms with E-state index in [0.29, 0.717) is 24.7 Å². The molecule has 0 saturated heterocycles. The molecule has 5 nitrogen and oxygen atoms in total. The zero-order chi connectivity index (χ0) is 17.0. The van der Waals surface area contributed by atoms with Crippen LogP contribution >= 0.6 is 0 Å². The van der Waals surface area contributed by atoms with Gasteiger partial charge in [-0.2, -0.15) is 5.10 Å². The second-order valence-electron chi connectivity index (χ2n) is 6.38. The maximum Gasteiger partial charge on any atom is 0.269 e. The van der Waals surface area contributed by atoms with E-state index in [0.717, 1.165) is 29.1 Å². The van der Waals surface area contributed by atoms with Gasteiger partial charge in [-0.1, -0.05) is 13.8 Å². The van der Waals surface area contributed by atoms with Crippen molar-refractivity contribution < 1.29 is 4.79 Å². The van der Waals surface area contributed by atoms with Crippen molar-refractivity contribution in [1.29, 1.82) is 0 Å². The van der Waals surface area contributed by atoms with Crippen LogP contribution in [0, 0.1) is 19.8 Å². The van der Waals surface area contributed by atoms with E-state index in [1.54, 1.807) is 4.68 Å². The fraction of sp³-hybridized carbons (Fsp3) is 0.500. The zero-order valence-electron chi connectivity index (χ0n) is 14.7. The predicted octanol–water partition coefficient (Wildman–Crippen LogP) is 3.04. The average molecular weight is 314 g/mol. The molecule has 2 aromatic rings. The maximum absolute atomic E-state index is 12.5. The first kappa shape index (κ1) is 17.2. The van der Waals surface area contributed by atoms with Crippen molar-refractivity contribution in [2.75, 3.05) is 0 Å². The molecule has 124 valence electrons. The Morgan fingerprint density at radius 3 is 2.43 bits per heavy atom. The first-order valence-electron chi connectivity index (χ1n) is 8.18. The highest BCUT2D eigenvalue weighted by Crippen LogP contribution is 2.11. The molecule has 0 atom stereocenters. The first-order chi connectivity index (χ1) is 10.9. The number of carbonyl (C=O) groups is 1. The van der Waals surface area contributed by atoms with Crippen molar-refractivity contribution in [2.24, 2.45) is 5.92 Å². The van der Waals surface area contributed by atoms with Gasteiger partial charge in [0.2, 0.25) is 0 Å². The Hall–Kier alpha value is -2.17. The second kappa shape index (κ2) is 7.40. The largest absolute Gasteiger partial charge is 0.347 e. The van der Waals surface area contributed by atoms with Crippen LogP contribution in [-0.4, -0.2) is 20.7 Å². The third-order valence-corrected chi connectivity index (χ3v) is 3.57. The van der Waals surface area contributed by atoms with Crippen molar-refractivity contribution in [1.82, 2.24) is 20.1 Å². The number of hydrogen-bond donors (Lipinski definition) is 1. The van der Waals surface area contributed by atoms with Crippen LogP contribution in [0.25, 0.3) is 0 Å². The Morgan fingerprint density at radius 1 is 1.22 bits per heavy atom. The molecule has 0 bridgehead atoms. The molecule has 0 aliphatic carbocycles. The molecule has 0 spiro atoms. The molecule has 0 unspecified atom stereocenters. The topological polar surface area (TPSA) is 59.8 Å². The van der Waals surface area contributed by atoms with Crippen LogP contribution in [-0.2, 0) is 19.5 Å². The summed E-state index contributed by atoms with van der Waals surface area (Å²) in [5.41, 5.74) is 4.60. The van der Waals surface area contributed by atoms with Gasteiger partial charge < -0.3 is 5.32 Å². The highest BCUT2D eigenvalue weighted by Gasteiger charge is 2.15. The molecule has 2 heterocycles. The number of hydrogen-bond acceptors (Lipinski definition) is 3. The van der Waals surface area contributed by atoms with Gasteiger partial charge >= 0.3 is 0 Å². The van der Waals surface area contributed by atoms with E-state index in [2.05, 4.69) is 29.2 Å². The zero-order valence-corrected chi connectivity index (χ0v) is 14.7. The fourth-order valence-electron chi connectivity index (χ4n) is 2.71. The number of pyridine rings is 1. The van der Waals surface area contributed by atoms with Crippen molar-refractivity contribution in [3.05, 3.63) is 46.5 Å². The summed E-state index contributed by atoms with van der Waals surface area (Å²) >= 11 is 0. The van der Waals surface area contributed by atoms with Crippen LogP contribution < -0.4 is 5.32 Å². The van der Waals surface area contributed by atoms with Gasteiger partial charge in [0.15, 0.2) is 0 Å². The normalized spacial score (nSPS) is 11.0. The van der Waals surface area contributed by atoms with E-state index in [1.807, 2.05) is 39.0 Å². The van der Waals surface area contributed by atoms with Gasteiger partial charge in [0, 0.05) is 24.5 Å². The molecule has 1 N–H and O–H groups in total. The number of aromatic nitrogens is 3. The van der Waals surface area contributed by atoms with Crippen molar-refractivity contribution in [3.8, 4) is 0 Å². The number of rotatable bonds is 6. The van der Waals surface area contributed by atoms with E-state index in [4.69, 9.17) is 0 Å². The van der Waals surface area contributed by atoms with Gasteiger partial charge in [-0.3, -0.25) is 14.5 Å². The number of carbonyl (C=O) groups excluding carboxylic acids is 1. The van der Waals surface area contributed by atoms with Crippen LogP contribution in [0.3, 0.4) is 0 Å². The molecule has 0 fully saturated rings. The van der Waals surface area contributed by atoms with Gasteiger partial charge in [-0.05, 0) is 56.9 Å². The number of nitrogens with zero attached hydrogens (tertiary/aromatic N) is 3. The maximum atomic E-state index is 12.5. The van der Waals surface area contributed by atoms with E-state index in [-0.39, 0.29) is 5.91 Å². The summed E-state index contributed by atoms with van der Waals surface area (Å²) in [6.07, 6.45) is 0.885. The van der Waals surface area contributed by atoms with E-state index in [1.165, 1.54) is 0 Å². The lowest BCUT2D eigenvalue weighted by molar-refractivity contribution is 0.0940. The fourth-order valence-corrected chi connectivity index (χ4v) is 2.71. The summed E-state index contributed by atoms with van der Waals surface area (Å²) in [5, 5.41) is 7.50. The Bertz CT molecular complexity index is 668. The first-order valence-corrected chi connectivity index (χ1v) is 8.18. The summed E-state index contributed by atoms with van der Waals surface area (Å²) in [4.78, 5) is 16.8. The Morgan fingerprint density at radius 2 is 1.87 bits per heavy atom. The smallest absolute Gasteiger partial charge is 0.269 e. The van der Waals surface area contributed by atoms with E-state index >= 15 is 0 Å². The van der Waals surface area contributed by atoms with Crippen molar-refractivity contribution >= 4 is 5.91 Å². The van der Waals surface area contributed by atoms with Gasteiger partial charge in [0.1, 0.15) is 5.69 Å². The van der Waals surface area contributed by atoms with Gasteiger partial charge in [-0.15, -0.1) is 0 Å². The summed E-state index contributed by atoms with van der Waals surface area (Å²) in [6, 6.07) is 5.89. The highest BCUT2D eigenvalue weighted by atomic mass is 16.2. The monoisotopic (exact) mass is 314 g/mol. The molecular weight excluding hydrogens is 288 g/mol. The predicted molar refractivity (Wildman–Crippen MR) is 91.3 cm³/mol. The standard InChI is InChI=1S/C18H26N4O/c1-6-22-17(10-16(21-22)7-12(2)3)18(23)19-11-15-8-13(4)20-14(5)9-15/h8-10,12H,6-7,11H2,1-5H3,(H,19,23). The summed E-state index contributed by atoms with van der Waals surface area (Å²) in [5.74, 6) is 0.440. The SMILES string of the molecule is CCn1nc(CC(C)C)cc1C(=O)NCc1cc(C)nc(C)c1. The minimum absolute atomic E-state index is 0.0820. The number of aryl methyl sites for hydroxylation is 3. The third kappa shape index (κ3) is 4.65. The summed E-state index contributed by atoms with van der Waals surface area (Å²) in [7, 11) is 0. The quantitative estimate of drug-likeness (QED) is 0.891. The van der Waals surface area contributed by atoms with Crippen LogP contribution in [0.15, 0.2) is 18.2 Å². The van der Waals surface area contributed by atoms with E-state index in [9.17, 15) is 4.79 Å². The Kier molecular flexibility index (Phi) is 5.53. The second-order valence-corrected chi connectivity index (χ2v) is 6.38. The van der Waals surface area contributed by atoms with Crippen molar-refractivity contribution in [2.45, 2.75) is 54.1 Å². The van der Waals surface area contributed by atoms with Crippen LogP contribution in [0.2, 0.25) is 0 Å². The molecule has 2 rings (SSSR count). The van der Waals surface area contributed by atoms with Crippen LogP contribution in [0.4, 0.5) is 0 Å². The number of nitrogens with one attached hydrogen (secondary N) is 1. The third-order valence-electron chi connectivity index (χ3n) is 3.57. The molecule has 0 aromatic carbocycles. The van der Waals surface area contributed by atoms with Gasteiger partial charge in [-0.25, -0.2) is 0 Å². The molecule has 2 aromatic heterocycles. The Balaban J connectivity index is 2.09. The highest BCUT2D eigenvalue weighted by molar-refractivity contribution is 5.92. The molecule has 1 amide bonds.